The molecule has 4 aliphatic rings. The number of pyridine rings is 1. The molecule has 206 valence electrons. The molecule has 7 rings (SSSR count). The molecule has 2 aliphatic heterocycles. The molecular weight excluding hydrogens is 537 g/mol. The van der Waals surface area contributed by atoms with Gasteiger partial charge in [-0.3, -0.25) is 9.12 Å². The number of aromatic nitrogens is 4. The number of alkyl halides is 1. The number of rotatable bonds is 8. The van der Waals surface area contributed by atoms with E-state index in [0.717, 1.165) is 103 Å². The van der Waals surface area contributed by atoms with Crippen LogP contribution in [0.3, 0.4) is 0 Å². The molecule has 2 saturated heterocycles. The van der Waals surface area contributed by atoms with E-state index in [1.165, 1.54) is 23.3 Å². The van der Waals surface area contributed by atoms with Gasteiger partial charge in [0, 0.05) is 56.3 Å². The second-order valence-corrected chi connectivity index (χ2v) is 12.8. The lowest BCUT2D eigenvalue weighted by Crippen LogP contribution is -2.44. The third-order valence-corrected chi connectivity index (χ3v) is 10.1. The minimum atomic E-state index is -0.447. The Morgan fingerprint density at radius 3 is 2.59 bits per heavy atom. The molecule has 2 aliphatic carbocycles. The van der Waals surface area contributed by atoms with Gasteiger partial charge in [-0.25, -0.2) is 9.37 Å². The van der Waals surface area contributed by atoms with Crippen LogP contribution in [0.5, 0.6) is 0 Å². The molecule has 0 atom stereocenters. The molecule has 3 aromatic heterocycles. The number of hydrogen-bond acceptors (Lipinski definition) is 11. The van der Waals surface area contributed by atoms with Gasteiger partial charge in [-0.1, -0.05) is 11.3 Å². The number of nitriles is 1. The van der Waals surface area contributed by atoms with Gasteiger partial charge in [-0.2, -0.15) is 5.26 Å². The number of aldehydes is 1. The second kappa shape index (κ2) is 10.7. The summed E-state index contributed by atoms with van der Waals surface area (Å²) >= 11 is 2.97. The number of hydrogen-bond donors (Lipinski definition) is 2. The third kappa shape index (κ3) is 5.40. The normalized spacial score (nSPS) is 21.5. The van der Waals surface area contributed by atoms with E-state index < -0.39 is 5.41 Å². The van der Waals surface area contributed by atoms with Gasteiger partial charge in [-0.05, 0) is 50.7 Å². The molecule has 0 aromatic carbocycles. The average Bonchev–Trinajstić information content (AvgIpc) is 3.81. The minimum absolute atomic E-state index is 0.324. The fourth-order valence-electron chi connectivity index (χ4n) is 4.55. The largest absolute Gasteiger partial charge is 0.366 e. The van der Waals surface area contributed by atoms with Gasteiger partial charge in [0.05, 0.1) is 23.5 Å². The van der Waals surface area contributed by atoms with E-state index in [1.54, 1.807) is 0 Å². The molecule has 0 amide bonds. The lowest BCUT2D eigenvalue weighted by atomic mass is 10.1. The predicted molar refractivity (Wildman–Crippen MR) is 150 cm³/mol. The predicted octanol–water partition coefficient (Wildman–Crippen LogP) is 2.66. The van der Waals surface area contributed by atoms with Crippen molar-refractivity contribution in [3.8, 4) is 16.8 Å². The smallest absolute Gasteiger partial charge is 0.166 e. The van der Waals surface area contributed by atoms with E-state index in [9.17, 15) is 14.4 Å². The molecular formula is C26H32FN9OS2. The van der Waals surface area contributed by atoms with E-state index in [0.29, 0.717) is 5.92 Å². The van der Waals surface area contributed by atoms with Crippen molar-refractivity contribution >= 4 is 40.9 Å². The molecule has 0 radical (unpaired) electrons. The Hall–Kier alpha value is -2.63. The standard InChI is InChI=1S/C22H25FN8S2.C4H7NO/c1-29-6-8-30(9-7-29)16-10-15(33-28-22(13-23)4-5-22)12-31-17(11-25-18(16)31)19-26-27-20(32-19)21(14-24)2-3-21;6-3-4-1-5-2-4/h10-12,28H,2-9,13H2,1H3;3-5H,1-2H2. The molecule has 2 saturated carbocycles. The molecule has 2 N–H and O–H groups in total. The van der Waals surface area contributed by atoms with E-state index in [4.69, 9.17) is 4.98 Å². The summed E-state index contributed by atoms with van der Waals surface area (Å²) in [7, 11) is 2.14. The maximum absolute atomic E-state index is 13.4. The number of halogens is 1. The fourth-order valence-corrected chi connectivity index (χ4v) is 6.51. The Morgan fingerprint density at radius 2 is 2.03 bits per heavy atom. The number of nitrogens with one attached hydrogen (secondary N) is 2. The van der Waals surface area contributed by atoms with E-state index in [2.05, 4.69) is 53.6 Å². The van der Waals surface area contributed by atoms with Gasteiger partial charge in [0.25, 0.3) is 0 Å². The van der Waals surface area contributed by atoms with Crippen LogP contribution >= 0.6 is 23.3 Å². The van der Waals surface area contributed by atoms with Gasteiger partial charge in [0.1, 0.15) is 29.1 Å². The van der Waals surface area contributed by atoms with Crippen LogP contribution in [-0.4, -0.2) is 89.3 Å². The Bertz CT molecular complexity index is 1380. The summed E-state index contributed by atoms with van der Waals surface area (Å²) < 4.78 is 18.8. The van der Waals surface area contributed by atoms with Crippen LogP contribution < -0.4 is 14.9 Å². The number of imidazole rings is 1. The van der Waals surface area contributed by atoms with Gasteiger partial charge in [0.2, 0.25) is 0 Å². The number of piperazine rings is 1. The van der Waals surface area contributed by atoms with Crippen LogP contribution in [-0.2, 0) is 10.2 Å². The zero-order valence-corrected chi connectivity index (χ0v) is 23.5. The lowest BCUT2D eigenvalue weighted by Gasteiger charge is -2.34. The fraction of sp³-hybridized carbons (Fsp3) is 0.577. The topological polar surface area (TPSA) is 114 Å². The number of carbonyl (C=O) groups excluding carboxylic acids is 1. The first-order valence-corrected chi connectivity index (χ1v) is 15.0. The first-order chi connectivity index (χ1) is 19.0. The lowest BCUT2D eigenvalue weighted by molar-refractivity contribution is -0.112. The highest BCUT2D eigenvalue weighted by Crippen LogP contribution is 2.49. The first kappa shape index (κ1) is 26.6. The van der Waals surface area contributed by atoms with Crippen LogP contribution in [0.1, 0.15) is 30.7 Å². The summed E-state index contributed by atoms with van der Waals surface area (Å²) in [5, 5.41) is 22.8. The Balaban J connectivity index is 0.000000410. The third-order valence-electron chi connectivity index (χ3n) is 7.92. The molecule has 10 nitrogen and oxygen atoms in total. The van der Waals surface area contributed by atoms with Crippen LogP contribution in [0, 0.1) is 17.2 Å². The number of anilines is 1. The highest BCUT2D eigenvalue weighted by molar-refractivity contribution is 7.97. The molecule has 13 heteroatoms. The minimum Gasteiger partial charge on any atom is -0.366 e. The SMILES string of the molecule is CN1CCN(c2cc(SNC3(CF)CC3)cn3c(-c4nnc(C5(C#N)CC5)s4)cnc23)CC1.O=CC1CNC1. The van der Waals surface area contributed by atoms with Crippen LogP contribution in [0.4, 0.5) is 10.1 Å². The van der Waals surface area contributed by atoms with Crippen molar-refractivity contribution in [2.75, 3.05) is 57.9 Å². The van der Waals surface area contributed by atoms with Crippen molar-refractivity contribution in [2.45, 2.75) is 41.5 Å². The second-order valence-electron chi connectivity index (χ2n) is 11.0. The van der Waals surface area contributed by atoms with Crippen LogP contribution in [0.2, 0.25) is 0 Å². The van der Waals surface area contributed by atoms with Crippen molar-refractivity contribution in [1.82, 2.24) is 34.5 Å². The number of likely N-dealkylation sites (N-methyl/N-ethyl adjacent to an activating group) is 1. The zero-order chi connectivity index (χ0) is 27.0. The highest BCUT2D eigenvalue weighted by Gasteiger charge is 2.48. The van der Waals surface area contributed by atoms with Crippen molar-refractivity contribution in [1.29, 1.82) is 5.26 Å². The number of nitrogens with zero attached hydrogens (tertiary/aromatic N) is 7. The molecule has 4 fully saturated rings. The van der Waals surface area contributed by atoms with Gasteiger partial charge in [-0.15, -0.1) is 10.2 Å². The molecule has 0 unspecified atom stereocenters. The van der Waals surface area contributed by atoms with Gasteiger partial charge in [0.15, 0.2) is 10.7 Å². The molecule has 0 spiro atoms. The first-order valence-electron chi connectivity index (χ1n) is 13.3. The highest BCUT2D eigenvalue weighted by atomic mass is 32.2. The van der Waals surface area contributed by atoms with E-state index in [-0.39, 0.29) is 12.2 Å². The summed E-state index contributed by atoms with van der Waals surface area (Å²) in [5.41, 5.74) is 1.99. The van der Waals surface area contributed by atoms with Crippen LogP contribution in [0.25, 0.3) is 16.3 Å². The van der Waals surface area contributed by atoms with Crippen molar-refractivity contribution in [2.24, 2.45) is 5.92 Å². The van der Waals surface area contributed by atoms with Crippen LogP contribution in [0.15, 0.2) is 23.4 Å². The Labute approximate surface area is 235 Å². The summed E-state index contributed by atoms with van der Waals surface area (Å²) in [5.74, 6) is 0.324. The summed E-state index contributed by atoms with van der Waals surface area (Å²) in [6.45, 7) is 5.29. The molecule has 0 bridgehead atoms. The van der Waals surface area contributed by atoms with E-state index >= 15 is 0 Å². The Morgan fingerprint density at radius 1 is 1.26 bits per heavy atom. The van der Waals surface area contributed by atoms with Gasteiger partial charge < -0.3 is 19.9 Å². The molecule has 39 heavy (non-hydrogen) atoms. The zero-order valence-electron chi connectivity index (χ0n) is 21.9. The van der Waals surface area contributed by atoms with Crippen molar-refractivity contribution in [3.63, 3.8) is 0 Å². The number of fused-ring (bicyclic) bond motifs is 1. The summed E-state index contributed by atoms with van der Waals surface area (Å²) in [4.78, 5) is 20.2. The maximum Gasteiger partial charge on any atom is 0.166 e. The van der Waals surface area contributed by atoms with Crippen molar-refractivity contribution < 1.29 is 9.18 Å². The Kier molecular flexibility index (Phi) is 7.32. The maximum atomic E-state index is 13.4. The number of carbonyl (C=O) groups is 1. The molecule has 5 heterocycles. The van der Waals surface area contributed by atoms with E-state index in [1.807, 2.05) is 12.4 Å². The van der Waals surface area contributed by atoms with Crippen molar-refractivity contribution in [3.05, 3.63) is 23.5 Å². The summed E-state index contributed by atoms with van der Waals surface area (Å²) in [6, 6.07) is 4.56. The van der Waals surface area contributed by atoms with Gasteiger partial charge >= 0.3 is 0 Å². The summed E-state index contributed by atoms with van der Waals surface area (Å²) in [6.07, 6.45) is 8.32. The quantitative estimate of drug-likeness (QED) is 0.310. The monoisotopic (exact) mass is 569 g/mol. The molecule has 3 aromatic rings. The average molecular weight is 570 g/mol.